The van der Waals surface area contributed by atoms with Crippen molar-refractivity contribution in [3.63, 3.8) is 0 Å². The zero-order valence-electron chi connectivity index (χ0n) is 18.5. The Morgan fingerprint density at radius 2 is 1.88 bits per heavy atom. The van der Waals surface area contributed by atoms with Crippen LogP contribution in [0.1, 0.15) is 67.1 Å². The summed E-state index contributed by atoms with van der Waals surface area (Å²) in [6, 6.07) is 0. The summed E-state index contributed by atoms with van der Waals surface area (Å²) in [4.78, 5) is 27.5. The number of ether oxygens (including phenoxy) is 3. The van der Waals surface area contributed by atoms with Gasteiger partial charge in [-0.2, -0.15) is 0 Å². The third-order valence-electron chi connectivity index (χ3n) is 5.42. The maximum Gasteiger partial charge on any atom is 0.305 e. The number of aliphatic hydroxyl groups excluding tert-OH is 4. The third kappa shape index (κ3) is 6.69. The van der Waals surface area contributed by atoms with Crippen LogP contribution in [-0.4, -0.2) is 75.0 Å². The number of hydrogen-bond acceptors (Lipinski definition) is 10. The van der Waals surface area contributed by atoms with Gasteiger partial charge in [0.2, 0.25) is 6.29 Å². The van der Waals surface area contributed by atoms with Gasteiger partial charge >= 0.3 is 5.97 Å². The lowest BCUT2D eigenvalue weighted by molar-refractivity contribution is -0.278. The van der Waals surface area contributed by atoms with E-state index in [1.165, 1.54) is 6.20 Å². The zero-order chi connectivity index (χ0) is 23.7. The van der Waals surface area contributed by atoms with Crippen LogP contribution in [0.5, 0.6) is 5.75 Å². The highest BCUT2D eigenvalue weighted by Crippen LogP contribution is 2.29. The van der Waals surface area contributed by atoms with Crippen LogP contribution in [0, 0.1) is 6.92 Å². The number of aldehydes is 1. The molecule has 1 aliphatic rings. The average Bonchev–Trinajstić information content (AvgIpc) is 2.79. The van der Waals surface area contributed by atoms with Crippen molar-refractivity contribution in [3.05, 3.63) is 23.0 Å². The lowest BCUT2D eigenvalue weighted by atomic mass is 9.99. The van der Waals surface area contributed by atoms with Crippen LogP contribution in [0.15, 0.2) is 6.20 Å². The predicted octanol–water partition coefficient (Wildman–Crippen LogP) is 0.785. The van der Waals surface area contributed by atoms with Crippen LogP contribution in [0.3, 0.4) is 0 Å². The summed E-state index contributed by atoms with van der Waals surface area (Å²) in [7, 11) is 0. The van der Waals surface area contributed by atoms with Crippen molar-refractivity contribution in [2.24, 2.45) is 0 Å². The molecule has 0 radical (unpaired) electrons. The molecule has 180 valence electrons. The number of pyridine rings is 1. The molecule has 1 aromatic rings. The first-order valence-corrected chi connectivity index (χ1v) is 10.9. The molecule has 32 heavy (non-hydrogen) atoms. The third-order valence-corrected chi connectivity index (χ3v) is 5.42. The number of aliphatic hydroxyl groups is 4. The van der Waals surface area contributed by atoms with Gasteiger partial charge in [0.25, 0.3) is 0 Å². The molecular formula is C22H33NO9. The molecule has 0 aromatic carbocycles. The van der Waals surface area contributed by atoms with Gasteiger partial charge in [-0.15, -0.1) is 0 Å². The highest BCUT2D eigenvalue weighted by atomic mass is 16.7. The van der Waals surface area contributed by atoms with Gasteiger partial charge in [0, 0.05) is 18.2 Å². The van der Waals surface area contributed by atoms with Gasteiger partial charge in [0.05, 0.1) is 17.9 Å². The molecular weight excluding hydrogens is 422 g/mol. The summed E-state index contributed by atoms with van der Waals surface area (Å²) >= 11 is 0. The molecule has 2 rings (SSSR count). The predicted molar refractivity (Wildman–Crippen MR) is 112 cm³/mol. The van der Waals surface area contributed by atoms with E-state index in [9.17, 15) is 30.0 Å². The van der Waals surface area contributed by atoms with Crippen molar-refractivity contribution in [1.82, 2.24) is 4.98 Å². The number of esters is 1. The summed E-state index contributed by atoms with van der Waals surface area (Å²) in [5, 5.41) is 40.2. The molecule has 10 nitrogen and oxygen atoms in total. The Balaban J connectivity index is 2.02. The number of carbonyl (C=O) groups excluding carboxylic acids is 2. The minimum atomic E-state index is -1.65. The second-order valence-corrected chi connectivity index (χ2v) is 7.87. The molecule has 5 atom stereocenters. The van der Waals surface area contributed by atoms with E-state index in [4.69, 9.17) is 14.2 Å². The van der Waals surface area contributed by atoms with Crippen LogP contribution in [-0.2, 0) is 20.9 Å². The summed E-state index contributed by atoms with van der Waals surface area (Å²) in [6.45, 7) is 2.87. The first-order chi connectivity index (χ1) is 15.3. The summed E-state index contributed by atoms with van der Waals surface area (Å²) in [5.41, 5.74) is 0.546. The van der Waals surface area contributed by atoms with E-state index >= 15 is 0 Å². The fourth-order valence-electron chi connectivity index (χ4n) is 3.44. The average molecular weight is 456 g/mol. The molecule has 0 aliphatic carbocycles. The monoisotopic (exact) mass is 455 g/mol. The van der Waals surface area contributed by atoms with Gasteiger partial charge in [0.1, 0.15) is 31.0 Å². The van der Waals surface area contributed by atoms with E-state index in [-0.39, 0.29) is 29.9 Å². The normalized spacial score (nSPS) is 25.4. The molecule has 10 heteroatoms. The van der Waals surface area contributed by atoms with Crippen molar-refractivity contribution in [2.75, 3.05) is 6.61 Å². The van der Waals surface area contributed by atoms with Crippen molar-refractivity contribution in [3.8, 4) is 5.75 Å². The second-order valence-electron chi connectivity index (χ2n) is 7.87. The number of hydrogen-bond donors (Lipinski definition) is 4. The standard InChI is InChI=1S/C22H33NO9/c1-3-4-5-6-7-8-17(26)30-12-16-18(27)19(28)20(29)22(31-16)32-21-13(2)23-9-14(10-24)15(21)11-25/h9,11,16,18-20,22,24,27-29H,3-8,10,12H2,1-2H3/t16-,18-,19+,20-,22+/m1/s1. The van der Waals surface area contributed by atoms with Crippen molar-refractivity contribution >= 4 is 12.3 Å². The molecule has 1 aliphatic heterocycles. The molecule has 4 N–H and O–H groups in total. The smallest absolute Gasteiger partial charge is 0.305 e. The highest BCUT2D eigenvalue weighted by molar-refractivity contribution is 5.82. The molecule has 1 fully saturated rings. The van der Waals surface area contributed by atoms with Crippen LogP contribution >= 0.6 is 0 Å². The number of rotatable bonds is 12. The Bertz CT molecular complexity index is 757. The maximum absolute atomic E-state index is 12.0. The van der Waals surface area contributed by atoms with Crippen LogP contribution in [0.25, 0.3) is 0 Å². The summed E-state index contributed by atoms with van der Waals surface area (Å²) in [5.74, 6) is -0.476. The van der Waals surface area contributed by atoms with E-state index in [1.54, 1.807) is 6.92 Å². The maximum atomic E-state index is 12.0. The van der Waals surface area contributed by atoms with E-state index in [2.05, 4.69) is 11.9 Å². The SMILES string of the molecule is CCCCCCCC(=O)OC[C@H]1O[C@@H](Oc2c(C)ncc(CO)c2C=O)[C@H](O)[C@@H](O)[C@@H]1O. The van der Waals surface area contributed by atoms with Gasteiger partial charge in [0.15, 0.2) is 12.0 Å². The first-order valence-electron chi connectivity index (χ1n) is 10.9. The quantitative estimate of drug-likeness (QED) is 0.202. The van der Waals surface area contributed by atoms with Crippen molar-refractivity contribution in [1.29, 1.82) is 0 Å². The van der Waals surface area contributed by atoms with Gasteiger partial charge in [-0.05, 0) is 13.3 Å². The number of carbonyl (C=O) groups is 2. The molecule has 0 bridgehead atoms. The van der Waals surface area contributed by atoms with Gasteiger partial charge in [-0.3, -0.25) is 14.6 Å². The molecule has 0 amide bonds. The number of aromatic nitrogens is 1. The van der Waals surface area contributed by atoms with Gasteiger partial charge in [-0.25, -0.2) is 0 Å². The topological polar surface area (TPSA) is 156 Å². The minimum absolute atomic E-state index is 0.0259. The highest BCUT2D eigenvalue weighted by Gasteiger charge is 2.45. The number of unbranched alkanes of at least 4 members (excludes halogenated alkanes) is 4. The van der Waals surface area contributed by atoms with Crippen LogP contribution in [0.4, 0.5) is 0 Å². The van der Waals surface area contributed by atoms with E-state index < -0.39 is 43.3 Å². The molecule has 0 spiro atoms. The fourth-order valence-corrected chi connectivity index (χ4v) is 3.44. The lowest BCUT2D eigenvalue weighted by Gasteiger charge is -2.40. The summed E-state index contributed by atoms with van der Waals surface area (Å²) in [6.07, 6.45) is -0.505. The Morgan fingerprint density at radius 1 is 1.16 bits per heavy atom. The van der Waals surface area contributed by atoms with Crippen molar-refractivity contribution < 1.29 is 44.2 Å². The molecule has 0 unspecified atom stereocenters. The second kappa shape index (κ2) is 12.8. The van der Waals surface area contributed by atoms with Crippen molar-refractivity contribution in [2.45, 2.75) is 89.7 Å². The van der Waals surface area contributed by atoms with Gasteiger partial charge < -0.3 is 34.6 Å². The number of nitrogens with zero attached hydrogens (tertiary/aromatic N) is 1. The Labute approximate surface area is 187 Å². The van der Waals surface area contributed by atoms with Crippen LogP contribution in [0.2, 0.25) is 0 Å². The first kappa shape index (κ1) is 26.1. The zero-order valence-corrected chi connectivity index (χ0v) is 18.5. The Hall–Kier alpha value is -2.11. The largest absolute Gasteiger partial charge is 0.463 e. The molecule has 2 heterocycles. The van der Waals surface area contributed by atoms with E-state index in [1.807, 2.05) is 0 Å². The van der Waals surface area contributed by atoms with Crippen LogP contribution < -0.4 is 4.74 Å². The molecule has 0 saturated carbocycles. The van der Waals surface area contributed by atoms with E-state index in [0.29, 0.717) is 18.4 Å². The summed E-state index contributed by atoms with van der Waals surface area (Å²) < 4.78 is 16.4. The molecule has 1 saturated heterocycles. The fraction of sp³-hybridized carbons (Fsp3) is 0.682. The number of aryl methyl sites for hydroxylation is 1. The Kier molecular flexibility index (Phi) is 10.5. The lowest BCUT2D eigenvalue weighted by Crippen LogP contribution is -2.60. The Morgan fingerprint density at radius 3 is 2.53 bits per heavy atom. The molecule has 1 aromatic heterocycles. The minimum Gasteiger partial charge on any atom is -0.463 e. The van der Waals surface area contributed by atoms with Gasteiger partial charge in [-0.1, -0.05) is 32.6 Å². The van der Waals surface area contributed by atoms with E-state index in [0.717, 1.165) is 25.7 Å².